The van der Waals surface area contributed by atoms with Gasteiger partial charge in [-0.3, -0.25) is 0 Å². The van der Waals surface area contributed by atoms with E-state index in [2.05, 4.69) is 52.4 Å². The van der Waals surface area contributed by atoms with Crippen molar-refractivity contribution in [3.8, 4) is 0 Å². The van der Waals surface area contributed by atoms with Crippen LogP contribution in [0.15, 0.2) is 28.7 Å². The highest BCUT2D eigenvalue weighted by Crippen LogP contribution is 2.47. The molecular weight excluding hydrogens is 286 g/mol. The van der Waals surface area contributed by atoms with Crippen molar-refractivity contribution >= 4 is 15.9 Å². The number of halogens is 1. The molecule has 1 unspecified atom stereocenters. The second kappa shape index (κ2) is 4.97. The van der Waals surface area contributed by atoms with Crippen molar-refractivity contribution in [2.24, 2.45) is 11.3 Å². The molecule has 2 heteroatoms. The summed E-state index contributed by atoms with van der Waals surface area (Å²) in [5.41, 5.74) is 1.92. The van der Waals surface area contributed by atoms with Gasteiger partial charge in [0, 0.05) is 17.1 Å². The molecule has 0 heterocycles. The molecule has 0 bridgehead atoms. The fourth-order valence-electron chi connectivity index (χ4n) is 2.91. The van der Waals surface area contributed by atoms with Gasteiger partial charge in [-0.15, -0.1) is 0 Å². The Bertz CT molecular complexity index is 423. The first-order valence-corrected chi connectivity index (χ1v) is 7.93. The van der Waals surface area contributed by atoms with Crippen molar-refractivity contribution in [3.63, 3.8) is 0 Å². The van der Waals surface area contributed by atoms with Gasteiger partial charge >= 0.3 is 0 Å². The third-order valence-corrected chi connectivity index (χ3v) is 4.93. The van der Waals surface area contributed by atoms with E-state index in [0.717, 1.165) is 12.0 Å². The lowest BCUT2D eigenvalue weighted by Gasteiger charge is -2.30. The predicted octanol–water partition coefficient (Wildman–Crippen LogP) is 4.16. The average Bonchev–Trinajstić information content (AvgIpc) is 3.17. The summed E-state index contributed by atoms with van der Waals surface area (Å²) in [6, 6.07) is 9.63. The van der Waals surface area contributed by atoms with Crippen LogP contribution >= 0.6 is 15.9 Å². The Kier molecular flexibility index (Phi) is 3.50. The number of hydrogen-bond acceptors (Lipinski definition) is 1. The molecular formula is C16H22BrN. The standard InChI is InChI=1S/C16H22BrN/c1-16(13-5-6-13,11-18-15-7-8-15)10-12-3-2-4-14(17)9-12/h2-4,9,13,15,18H,5-8,10-11H2,1H3. The highest BCUT2D eigenvalue weighted by atomic mass is 79.9. The first kappa shape index (κ1) is 12.7. The van der Waals surface area contributed by atoms with Crippen LogP contribution in [0.1, 0.15) is 38.2 Å². The molecule has 0 radical (unpaired) electrons. The zero-order valence-corrected chi connectivity index (χ0v) is 12.7. The number of nitrogens with one attached hydrogen (secondary N) is 1. The van der Waals surface area contributed by atoms with Crippen molar-refractivity contribution in [2.75, 3.05) is 6.54 Å². The van der Waals surface area contributed by atoms with E-state index in [1.807, 2.05) is 0 Å². The van der Waals surface area contributed by atoms with Crippen molar-refractivity contribution in [1.82, 2.24) is 5.32 Å². The van der Waals surface area contributed by atoms with Gasteiger partial charge in [0.15, 0.2) is 0 Å². The minimum Gasteiger partial charge on any atom is -0.313 e. The van der Waals surface area contributed by atoms with Gasteiger partial charge in [-0.2, -0.15) is 0 Å². The van der Waals surface area contributed by atoms with E-state index in [-0.39, 0.29) is 0 Å². The molecule has 3 rings (SSSR count). The molecule has 0 spiro atoms. The lowest BCUT2D eigenvalue weighted by atomic mass is 9.79. The van der Waals surface area contributed by atoms with Gasteiger partial charge in [0.25, 0.3) is 0 Å². The van der Waals surface area contributed by atoms with E-state index < -0.39 is 0 Å². The summed E-state index contributed by atoms with van der Waals surface area (Å²) in [4.78, 5) is 0. The molecule has 1 aromatic carbocycles. The third-order valence-electron chi connectivity index (χ3n) is 4.43. The summed E-state index contributed by atoms with van der Waals surface area (Å²) in [7, 11) is 0. The maximum Gasteiger partial charge on any atom is 0.0177 e. The van der Waals surface area contributed by atoms with Crippen molar-refractivity contribution < 1.29 is 0 Å². The highest BCUT2D eigenvalue weighted by molar-refractivity contribution is 9.10. The van der Waals surface area contributed by atoms with Crippen LogP contribution in [0.4, 0.5) is 0 Å². The quantitative estimate of drug-likeness (QED) is 0.832. The first-order valence-electron chi connectivity index (χ1n) is 7.13. The smallest absolute Gasteiger partial charge is 0.0177 e. The molecule has 1 nitrogen and oxygen atoms in total. The summed E-state index contributed by atoms with van der Waals surface area (Å²) < 4.78 is 1.20. The Labute approximate surface area is 118 Å². The summed E-state index contributed by atoms with van der Waals surface area (Å²) >= 11 is 3.58. The zero-order chi connectivity index (χ0) is 12.6. The molecule has 98 valence electrons. The van der Waals surface area contributed by atoms with Crippen LogP contribution < -0.4 is 5.32 Å². The molecule has 0 aromatic heterocycles. The van der Waals surface area contributed by atoms with Gasteiger partial charge < -0.3 is 5.32 Å². The molecule has 2 aliphatic rings. The third kappa shape index (κ3) is 3.16. The molecule has 2 saturated carbocycles. The Balaban J connectivity index is 1.68. The Morgan fingerprint density at radius 2 is 2.06 bits per heavy atom. The topological polar surface area (TPSA) is 12.0 Å². The van der Waals surface area contributed by atoms with Gasteiger partial charge in [-0.1, -0.05) is 35.0 Å². The summed E-state index contributed by atoms with van der Waals surface area (Å²) in [5, 5.41) is 3.74. The van der Waals surface area contributed by atoms with Gasteiger partial charge in [-0.05, 0) is 61.1 Å². The van der Waals surface area contributed by atoms with E-state index >= 15 is 0 Å². The fraction of sp³-hybridized carbons (Fsp3) is 0.625. The van der Waals surface area contributed by atoms with E-state index in [1.54, 1.807) is 0 Å². The Morgan fingerprint density at radius 3 is 2.67 bits per heavy atom. The molecule has 0 amide bonds. The molecule has 0 saturated heterocycles. The molecule has 0 aliphatic heterocycles. The predicted molar refractivity (Wildman–Crippen MR) is 79.7 cm³/mol. The summed E-state index contributed by atoms with van der Waals surface area (Å²) in [6.07, 6.45) is 6.83. The second-order valence-corrected chi connectivity index (χ2v) is 7.31. The summed E-state index contributed by atoms with van der Waals surface area (Å²) in [6.45, 7) is 3.66. The highest BCUT2D eigenvalue weighted by Gasteiger charge is 2.42. The molecule has 1 atom stereocenters. The van der Waals surface area contributed by atoms with Crippen molar-refractivity contribution in [3.05, 3.63) is 34.3 Å². The van der Waals surface area contributed by atoms with Crippen LogP contribution in [-0.2, 0) is 6.42 Å². The van der Waals surface area contributed by atoms with Crippen molar-refractivity contribution in [1.29, 1.82) is 0 Å². The zero-order valence-electron chi connectivity index (χ0n) is 11.1. The molecule has 2 aliphatic carbocycles. The fourth-order valence-corrected chi connectivity index (χ4v) is 3.36. The van der Waals surface area contributed by atoms with Crippen LogP contribution in [0.5, 0.6) is 0 Å². The lowest BCUT2D eigenvalue weighted by molar-refractivity contribution is 0.255. The van der Waals surface area contributed by atoms with E-state index in [4.69, 9.17) is 0 Å². The number of hydrogen-bond donors (Lipinski definition) is 1. The van der Waals surface area contributed by atoms with Crippen LogP contribution in [0, 0.1) is 11.3 Å². The number of benzene rings is 1. The monoisotopic (exact) mass is 307 g/mol. The van der Waals surface area contributed by atoms with Gasteiger partial charge in [0.1, 0.15) is 0 Å². The van der Waals surface area contributed by atoms with Crippen LogP contribution in [0.2, 0.25) is 0 Å². The minimum absolute atomic E-state index is 0.448. The van der Waals surface area contributed by atoms with Crippen LogP contribution in [0.3, 0.4) is 0 Å². The maximum atomic E-state index is 3.74. The Morgan fingerprint density at radius 1 is 1.28 bits per heavy atom. The minimum atomic E-state index is 0.448. The van der Waals surface area contributed by atoms with Gasteiger partial charge in [-0.25, -0.2) is 0 Å². The molecule has 18 heavy (non-hydrogen) atoms. The molecule has 2 fully saturated rings. The largest absolute Gasteiger partial charge is 0.313 e. The first-order chi connectivity index (χ1) is 8.66. The maximum absolute atomic E-state index is 3.74. The lowest BCUT2D eigenvalue weighted by Crippen LogP contribution is -2.36. The van der Waals surface area contributed by atoms with Gasteiger partial charge in [0.05, 0.1) is 0 Å². The SMILES string of the molecule is CC(CNC1CC1)(Cc1cccc(Br)c1)C1CC1. The van der Waals surface area contributed by atoms with E-state index in [1.165, 1.54) is 48.7 Å². The number of rotatable bonds is 6. The normalized spacial score (nSPS) is 22.8. The van der Waals surface area contributed by atoms with Crippen LogP contribution in [-0.4, -0.2) is 12.6 Å². The van der Waals surface area contributed by atoms with E-state index in [9.17, 15) is 0 Å². The van der Waals surface area contributed by atoms with Gasteiger partial charge in [0.2, 0.25) is 0 Å². The molecule has 1 aromatic rings. The Hall–Kier alpha value is -0.340. The second-order valence-electron chi connectivity index (χ2n) is 6.39. The molecule has 1 N–H and O–H groups in total. The average molecular weight is 308 g/mol. The summed E-state index contributed by atoms with van der Waals surface area (Å²) in [5.74, 6) is 0.933. The van der Waals surface area contributed by atoms with E-state index in [0.29, 0.717) is 5.41 Å². The van der Waals surface area contributed by atoms with Crippen LogP contribution in [0.25, 0.3) is 0 Å². The van der Waals surface area contributed by atoms with Crippen molar-refractivity contribution in [2.45, 2.75) is 45.1 Å².